The molecule has 1 spiro atoms. The molecule has 0 bridgehead atoms. The Balaban J connectivity index is 1.14. The van der Waals surface area contributed by atoms with E-state index in [1.165, 1.54) is 0 Å². The highest BCUT2D eigenvalue weighted by Gasteiger charge is 2.51. The molecule has 47 heavy (non-hydrogen) atoms. The van der Waals surface area contributed by atoms with E-state index in [4.69, 9.17) is 30.4 Å². The molecular formula is C37H44BClN2O6. The van der Waals surface area contributed by atoms with Crippen molar-refractivity contribution in [3.8, 4) is 16.9 Å². The van der Waals surface area contributed by atoms with Crippen molar-refractivity contribution in [1.82, 2.24) is 10.2 Å². The van der Waals surface area contributed by atoms with Gasteiger partial charge in [-0.25, -0.2) is 4.79 Å². The van der Waals surface area contributed by atoms with Crippen molar-refractivity contribution in [2.45, 2.75) is 90.1 Å². The molecule has 0 atom stereocenters. The van der Waals surface area contributed by atoms with Gasteiger partial charge in [0, 0.05) is 46.8 Å². The molecule has 0 radical (unpaired) electrons. The molecule has 10 heteroatoms. The molecule has 3 aliphatic rings. The van der Waals surface area contributed by atoms with Crippen LogP contribution in [0.25, 0.3) is 11.1 Å². The smallest absolute Gasteiger partial charge is 0.492 e. The lowest BCUT2D eigenvalue weighted by Gasteiger charge is -2.38. The average molecular weight is 659 g/mol. The lowest BCUT2D eigenvalue weighted by atomic mass is 9.74. The topological polar surface area (TPSA) is 86.3 Å². The van der Waals surface area contributed by atoms with Crippen LogP contribution in [-0.4, -0.2) is 60.5 Å². The highest BCUT2D eigenvalue weighted by Crippen LogP contribution is 2.46. The second-order valence-electron chi connectivity index (χ2n) is 15.0. The summed E-state index contributed by atoms with van der Waals surface area (Å²) >= 11 is 6.70. The first-order valence-corrected chi connectivity index (χ1v) is 16.7. The number of amides is 2. The van der Waals surface area contributed by atoms with Crippen LogP contribution in [0.2, 0.25) is 5.02 Å². The molecule has 3 aromatic carbocycles. The number of benzene rings is 3. The molecule has 6 rings (SSSR count). The lowest BCUT2D eigenvalue weighted by Crippen LogP contribution is -2.46. The third kappa shape index (κ3) is 6.76. The number of carbonyl (C=O) groups is 2. The largest absolute Gasteiger partial charge is 0.494 e. The van der Waals surface area contributed by atoms with Crippen molar-refractivity contribution < 1.29 is 28.4 Å². The van der Waals surface area contributed by atoms with Gasteiger partial charge in [-0.05, 0) is 108 Å². The summed E-state index contributed by atoms with van der Waals surface area (Å²) in [5.74, 6) is 0.852. The zero-order valence-electron chi connectivity index (χ0n) is 28.4. The zero-order valence-corrected chi connectivity index (χ0v) is 29.1. The second-order valence-corrected chi connectivity index (χ2v) is 15.4. The Kier molecular flexibility index (Phi) is 8.64. The molecule has 0 aromatic heterocycles. The van der Waals surface area contributed by atoms with Crippen LogP contribution in [0.3, 0.4) is 0 Å². The second kappa shape index (κ2) is 12.2. The number of rotatable bonds is 5. The number of nitrogens with zero attached hydrogens (tertiary/aromatic N) is 1. The van der Waals surface area contributed by atoms with Crippen molar-refractivity contribution in [1.29, 1.82) is 0 Å². The van der Waals surface area contributed by atoms with Crippen LogP contribution in [-0.2, 0) is 26.0 Å². The van der Waals surface area contributed by atoms with Crippen LogP contribution in [0.15, 0.2) is 60.7 Å². The summed E-state index contributed by atoms with van der Waals surface area (Å²) in [7, 11) is -0.494. The number of piperidine rings is 1. The highest BCUT2D eigenvalue weighted by molar-refractivity contribution is 6.62. The van der Waals surface area contributed by atoms with Crippen LogP contribution < -0.4 is 15.5 Å². The van der Waals surface area contributed by atoms with Crippen LogP contribution in [0, 0.1) is 0 Å². The monoisotopic (exact) mass is 658 g/mol. The Morgan fingerprint density at radius 3 is 2.34 bits per heavy atom. The molecule has 1 N–H and O–H groups in total. The quantitative estimate of drug-likeness (QED) is 0.301. The summed E-state index contributed by atoms with van der Waals surface area (Å²) in [5.41, 5.74) is 3.68. The lowest BCUT2D eigenvalue weighted by molar-refractivity contribution is 0.00578. The summed E-state index contributed by atoms with van der Waals surface area (Å²) in [6.45, 7) is 15.8. The van der Waals surface area contributed by atoms with Crippen molar-refractivity contribution in [3.05, 3.63) is 82.4 Å². The van der Waals surface area contributed by atoms with Gasteiger partial charge in [-0.2, -0.15) is 0 Å². The number of hydrogen-bond donors (Lipinski definition) is 1. The first-order valence-electron chi connectivity index (χ1n) is 16.3. The summed E-state index contributed by atoms with van der Waals surface area (Å²) in [5, 5.41) is 3.42. The average Bonchev–Trinajstić information content (AvgIpc) is 3.47. The number of likely N-dealkylation sites (tertiary alicyclic amines) is 1. The molecule has 0 saturated carbocycles. The standard InChI is InChI=1S/C37H44BClN2O6/c1-34(2,3)45-33(43)40-22-24-11-14-31-29(19-24)37(23-44-31)15-17-41(18-16-37)32(42)26-12-13-30(39)28(21-26)25-9-8-10-27(20-25)38-46-35(4,5)36(6,7)47-38/h8-14,19-21H,15-18,22-23H2,1-7H3,(H,40,43). The van der Waals surface area contributed by atoms with Crippen LogP contribution in [0.1, 0.15) is 82.8 Å². The Labute approximate surface area is 283 Å². The molecule has 3 aliphatic heterocycles. The van der Waals surface area contributed by atoms with E-state index >= 15 is 0 Å². The van der Waals surface area contributed by atoms with Gasteiger partial charge in [0.05, 0.1) is 17.8 Å². The van der Waals surface area contributed by atoms with E-state index in [2.05, 4.69) is 11.4 Å². The first kappa shape index (κ1) is 33.4. The molecule has 2 fully saturated rings. The predicted molar refractivity (Wildman–Crippen MR) is 184 cm³/mol. The van der Waals surface area contributed by atoms with Crippen molar-refractivity contribution in [3.63, 3.8) is 0 Å². The van der Waals surface area contributed by atoms with Crippen molar-refractivity contribution in [2.75, 3.05) is 19.7 Å². The fourth-order valence-corrected chi connectivity index (χ4v) is 6.68. The Morgan fingerprint density at radius 1 is 0.957 bits per heavy atom. The van der Waals surface area contributed by atoms with Crippen molar-refractivity contribution >= 4 is 36.2 Å². The summed E-state index contributed by atoms with van der Waals surface area (Å²) in [6.07, 6.45) is 1.12. The molecule has 2 saturated heterocycles. The number of fused-ring (bicyclic) bond motifs is 2. The molecule has 0 unspecified atom stereocenters. The Morgan fingerprint density at radius 2 is 1.66 bits per heavy atom. The van der Waals surface area contributed by atoms with Gasteiger partial charge >= 0.3 is 13.2 Å². The van der Waals surface area contributed by atoms with Gasteiger partial charge in [-0.1, -0.05) is 41.9 Å². The van der Waals surface area contributed by atoms with Crippen LogP contribution in [0.5, 0.6) is 5.75 Å². The van der Waals surface area contributed by atoms with E-state index in [0.29, 0.717) is 36.8 Å². The summed E-state index contributed by atoms with van der Waals surface area (Å²) in [6, 6.07) is 19.5. The number of alkyl carbamates (subject to hydrolysis) is 1. The molecule has 8 nitrogen and oxygen atoms in total. The highest BCUT2D eigenvalue weighted by atomic mass is 35.5. The fourth-order valence-electron chi connectivity index (χ4n) is 6.46. The molecule has 2 amide bonds. The maximum Gasteiger partial charge on any atom is 0.494 e. The van der Waals surface area contributed by atoms with Gasteiger partial charge in [0.25, 0.3) is 5.91 Å². The minimum absolute atomic E-state index is 0.0191. The van der Waals surface area contributed by atoms with E-state index in [9.17, 15) is 9.59 Å². The Hall–Kier alpha value is -3.53. The van der Waals surface area contributed by atoms with Gasteiger partial charge in [-0.3, -0.25) is 4.79 Å². The van der Waals surface area contributed by atoms with Gasteiger partial charge in [0.2, 0.25) is 0 Å². The minimum Gasteiger partial charge on any atom is -0.492 e. The molecule has 248 valence electrons. The summed E-state index contributed by atoms with van der Waals surface area (Å²) < 4.78 is 24.0. The number of carbonyl (C=O) groups excluding carboxylic acids is 2. The maximum atomic E-state index is 13.8. The van der Waals surface area contributed by atoms with Gasteiger partial charge in [-0.15, -0.1) is 0 Å². The van der Waals surface area contributed by atoms with Crippen LogP contribution in [0.4, 0.5) is 4.79 Å². The van der Waals surface area contributed by atoms with Gasteiger partial charge < -0.3 is 29.0 Å². The Bertz CT molecular complexity index is 1680. The fraction of sp³-hybridized carbons (Fsp3) is 0.459. The maximum absolute atomic E-state index is 13.8. The van der Waals surface area contributed by atoms with E-state index in [1.54, 1.807) is 12.1 Å². The number of hydrogen-bond acceptors (Lipinski definition) is 6. The number of nitrogens with one attached hydrogen (secondary N) is 1. The normalized spacial score (nSPS) is 19.3. The molecular weight excluding hydrogens is 615 g/mol. The molecule has 3 heterocycles. The third-order valence-electron chi connectivity index (χ3n) is 9.90. The van der Waals surface area contributed by atoms with Gasteiger partial charge in [0.1, 0.15) is 11.4 Å². The van der Waals surface area contributed by atoms with E-state index in [-0.39, 0.29) is 11.3 Å². The minimum atomic E-state index is -0.556. The van der Waals surface area contributed by atoms with Crippen molar-refractivity contribution in [2.24, 2.45) is 0 Å². The summed E-state index contributed by atoms with van der Waals surface area (Å²) in [4.78, 5) is 27.9. The molecule has 0 aliphatic carbocycles. The van der Waals surface area contributed by atoms with E-state index in [0.717, 1.165) is 46.3 Å². The zero-order chi connectivity index (χ0) is 33.8. The van der Waals surface area contributed by atoms with E-state index < -0.39 is 30.0 Å². The van der Waals surface area contributed by atoms with Crippen LogP contribution >= 0.6 is 11.6 Å². The molecule has 3 aromatic rings. The number of ether oxygens (including phenoxy) is 2. The SMILES string of the molecule is CC(C)(C)OC(=O)NCc1ccc2c(c1)C1(CCN(C(=O)c3ccc(Cl)c(-c4cccc(B5OC(C)(C)C(C)(C)O5)c4)c3)CC1)CO2. The predicted octanol–water partition coefficient (Wildman–Crippen LogP) is 6.90. The first-order chi connectivity index (χ1) is 22.1. The number of halogens is 1. The van der Waals surface area contributed by atoms with E-state index in [1.807, 2.05) is 95.8 Å². The third-order valence-corrected chi connectivity index (χ3v) is 10.2. The van der Waals surface area contributed by atoms with Gasteiger partial charge in [0.15, 0.2) is 0 Å².